The van der Waals surface area contributed by atoms with E-state index in [2.05, 4.69) is 0 Å². The average molecular weight is 361 g/mol. The summed E-state index contributed by atoms with van der Waals surface area (Å²) in [6.45, 7) is 0. The van der Waals surface area contributed by atoms with E-state index in [9.17, 15) is 26.3 Å². The maximum Gasteiger partial charge on any atom is 0.416 e. The molecule has 0 spiro atoms. The third kappa shape index (κ3) is 5.77. The minimum atomic E-state index is -4.83. The Labute approximate surface area is 141 Å². The first-order chi connectivity index (χ1) is 11.6. The van der Waals surface area contributed by atoms with Gasteiger partial charge in [-0.2, -0.15) is 26.3 Å². The first kappa shape index (κ1) is 19.3. The molecule has 1 unspecified atom stereocenters. The zero-order valence-corrected chi connectivity index (χ0v) is 13.2. The summed E-state index contributed by atoms with van der Waals surface area (Å²) in [6, 6.07) is 10.5. The van der Waals surface area contributed by atoms with E-state index in [1.165, 1.54) is 0 Å². The van der Waals surface area contributed by atoms with Crippen LogP contribution in [-0.4, -0.2) is 6.04 Å². The fourth-order valence-electron chi connectivity index (χ4n) is 2.53. The van der Waals surface area contributed by atoms with Crippen molar-refractivity contribution in [1.29, 1.82) is 0 Å². The highest BCUT2D eigenvalue weighted by Gasteiger charge is 2.36. The fourth-order valence-corrected chi connectivity index (χ4v) is 2.53. The van der Waals surface area contributed by atoms with Gasteiger partial charge in [-0.15, -0.1) is 0 Å². The lowest BCUT2D eigenvalue weighted by Crippen LogP contribution is -2.23. The molecule has 25 heavy (non-hydrogen) atoms. The van der Waals surface area contributed by atoms with Crippen LogP contribution in [0.2, 0.25) is 0 Å². The van der Waals surface area contributed by atoms with E-state index in [4.69, 9.17) is 5.73 Å². The molecule has 7 heteroatoms. The van der Waals surface area contributed by atoms with Crippen molar-refractivity contribution in [2.45, 2.75) is 37.7 Å². The summed E-state index contributed by atoms with van der Waals surface area (Å²) < 4.78 is 77.0. The second kappa shape index (κ2) is 7.47. The Balaban J connectivity index is 2.12. The van der Waals surface area contributed by atoms with Crippen molar-refractivity contribution >= 4 is 0 Å². The number of benzene rings is 2. The van der Waals surface area contributed by atoms with E-state index in [0.29, 0.717) is 6.42 Å². The van der Waals surface area contributed by atoms with Crippen molar-refractivity contribution in [3.63, 3.8) is 0 Å². The van der Waals surface area contributed by atoms with Gasteiger partial charge in [0.25, 0.3) is 0 Å². The van der Waals surface area contributed by atoms with Gasteiger partial charge in [0.15, 0.2) is 0 Å². The topological polar surface area (TPSA) is 26.0 Å². The van der Waals surface area contributed by atoms with E-state index in [1.54, 1.807) is 0 Å². The second-order valence-electron chi connectivity index (χ2n) is 5.90. The number of hydrogen-bond donors (Lipinski definition) is 1. The van der Waals surface area contributed by atoms with Gasteiger partial charge in [-0.25, -0.2) is 0 Å². The number of nitrogens with two attached hydrogens (primary N) is 1. The van der Waals surface area contributed by atoms with Crippen LogP contribution in [0.25, 0.3) is 0 Å². The molecule has 0 amide bonds. The molecule has 2 rings (SSSR count). The van der Waals surface area contributed by atoms with Gasteiger partial charge in [-0.1, -0.05) is 30.3 Å². The van der Waals surface area contributed by atoms with Crippen LogP contribution in [0, 0.1) is 0 Å². The van der Waals surface area contributed by atoms with Gasteiger partial charge in [0.05, 0.1) is 11.1 Å². The standard InChI is InChI=1S/C18H17F6N/c19-17(20,21)14-8-13(9-15(11-14)18(22,23)24)6-7-16(25)10-12-4-2-1-3-5-12/h1-5,8-9,11,16H,6-7,10,25H2. The van der Waals surface area contributed by atoms with Crippen molar-refractivity contribution in [3.05, 3.63) is 70.8 Å². The normalized spacial score (nSPS) is 13.7. The van der Waals surface area contributed by atoms with Crippen LogP contribution < -0.4 is 5.73 Å². The molecule has 0 bridgehead atoms. The summed E-state index contributed by atoms with van der Waals surface area (Å²) in [7, 11) is 0. The molecule has 2 N–H and O–H groups in total. The summed E-state index contributed by atoms with van der Waals surface area (Å²) >= 11 is 0. The van der Waals surface area contributed by atoms with Crippen LogP contribution in [0.15, 0.2) is 48.5 Å². The van der Waals surface area contributed by atoms with Gasteiger partial charge in [-0.3, -0.25) is 0 Å². The summed E-state index contributed by atoms with van der Waals surface area (Å²) in [4.78, 5) is 0. The molecular formula is C18H17F6N. The SMILES string of the molecule is NC(CCc1cc(C(F)(F)F)cc(C(F)(F)F)c1)Cc1ccccc1. The molecule has 2 aromatic rings. The Bertz CT molecular complexity index is 659. The largest absolute Gasteiger partial charge is 0.416 e. The van der Waals surface area contributed by atoms with Crippen molar-refractivity contribution in [2.75, 3.05) is 0 Å². The molecule has 0 saturated heterocycles. The fraction of sp³-hybridized carbons (Fsp3) is 0.333. The van der Waals surface area contributed by atoms with Crippen molar-refractivity contribution in [1.82, 2.24) is 0 Å². The molecule has 1 atom stereocenters. The molecule has 0 aliphatic carbocycles. The third-order valence-electron chi connectivity index (χ3n) is 3.79. The number of rotatable bonds is 5. The summed E-state index contributed by atoms with van der Waals surface area (Å²) in [6.07, 6.45) is -8.83. The van der Waals surface area contributed by atoms with Crippen molar-refractivity contribution in [2.24, 2.45) is 5.73 Å². The number of hydrogen-bond acceptors (Lipinski definition) is 1. The van der Waals surface area contributed by atoms with Gasteiger partial charge in [0.1, 0.15) is 0 Å². The number of halogens is 6. The van der Waals surface area contributed by atoms with Crippen LogP contribution in [0.4, 0.5) is 26.3 Å². The zero-order chi connectivity index (χ0) is 18.7. The highest BCUT2D eigenvalue weighted by Crippen LogP contribution is 2.36. The van der Waals surface area contributed by atoms with Crippen LogP contribution >= 0.6 is 0 Å². The number of aryl methyl sites for hydroxylation is 1. The van der Waals surface area contributed by atoms with Crippen molar-refractivity contribution in [3.8, 4) is 0 Å². The number of alkyl halides is 6. The van der Waals surface area contributed by atoms with Gasteiger partial charge in [-0.05, 0) is 48.6 Å². The van der Waals surface area contributed by atoms with E-state index in [0.717, 1.165) is 17.7 Å². The lowest BCUT2D eigenvalue weighted by molar-refractivity contribution is -0.143. The van der Waals surface area contributed by atoms with E-state index in [1.807, 2.05) is 30.3 Å². The van der Waals surface area contributed by atoms with E-state index in [-0.39, 0.29) is 30.5 Å². The third-order valence-corrected chi connectivity index (χ3v) is 3.79. The molecule has 0 aliphatic rings. The molecule has 0 radical (unpaired) electrons. The lowest BCUT2D eigenvalue weighted by Gasteiger charge is -2.16. The highest BCUT2D eigenvalue weighted by atomic mass is 19.4. The Morgan fingerprint density at radius 2 is 1.28 bits per heavy atom. The molecule has 2 aromatic carbocycles. The first-order valence-corrected chi connectivity index (χ1v) is 7.63. The van der Waals surface area contributed by atoms with Gasteiger partial charge >= 0.3 is 12.4 Å². The van der Waals surface area contributed by atoms with Crippen LogP contribution in [0.3, 0.4) is 0 Å². The van der Waals surface area contributed by atoms with E-state index < -0.39 is 23.5 Å². The molecule has 0 aromatic heterocycles. The minimum Gasteiger partial charge on any atom is -0.327 e. The Morgan fingerprint density at radius 1 is 0.760 bits per heavy atom. The predicted molar refractivity (Wildman–Crippen MR) is 82.9 cm³/mol. The van der Waals surface area contributed by atoms with Crippen LogP contribution in [-0.2, 0) is 25.2 Å². The maximum absolute atomic E-state index is 12.8. The Morgan fingerprint density at radius 3 is 1.76 bits per heavy atom. The lowest BCUT2D eigenvalue weighted by atomic mass is 9.97. The molecule has 0 aliphatic heterocycles. The first-order valence-electron chi connectivity index (χ1n) is 7.63. The molecule has 136 valence electrons. The molecular weight excluding hydrogens is 344 g/mol. The average Bonchev–Trinajstić information content (AvgIpc) is 2.52. The Kier molecular flexibility index (Phi) is 5.77. The van der Waals surface area contributed by atoms with Gasteiger partial charge in [0, 0.05) is 6.04 Å². The molecule has 0 fully saturated rings. The van der Waals surface area contributed by atoms with Crippen LogP contribution in [0.5, 0.6) is 0 Å². The summed E-state index contributed by atoms with van der Waals surface area (Å²) in [5.74, 6) is 0. The summed E-state index contributed by atoms with van der Waals surface area (Å²) in [5, 5.41) is 0. The van der Waals surface area contributed by atoms with E-state index >= 15 is 0 Å². The monoisotopic (exact) mass is 361 g/mol. The second-order valence-corrected chi connectivity index (χ2v) is 5.90. The summed E-state index contributed by atoms with van der Waals surface area (Å²) in [5.41, 5.74) is 4.31. The molecule has 1 nitrogen and oxygen atoms in total. The van der Waals surface area contributed by atoms with Gasteiger partial charge < -0.3 is 5.73 Å². The van der Waals surface area contributed by atoms with Crippen LogP contribution in [0.1, 0.15) is 28.7 Å². The molecule has 0 saturated carbocycles. The quantitative estimate of drug-likeness (QED) is 0.726. The highest BCUT2D eigenvalue weighted by molar-refractivity contribution is 5.33. The smallest absolute Gasteiger partial charge is 0.327 e. The molecule has 0 heterocycles. The Hall–Kier alpha value is -2.02. The minimum absolute atomic E-state index is 0.0225. The maximum atomic E-state index is 12.8. The zero-order valence-electron chi connectivity index (χ0n) is 13.2. The van der Waals surface area contributed by atoms with Gasteiger partial charge in [0.2, 0.25) is 0 Å². The van der Waals surface area contributed by atoms with Crippen molar-refractivity contribution < 1.29 is 26.3 Å². The predicted octanol–water partition coefficient (Wildman–Crippen LogP) is 5.23.